The lowest BCUT2D eigenvalue weighted by molar-refractivity contribution is -0.132. The fourth-order valence-electron chi connectivity index (χ4n) is 2.30. The van der Waals surface area contributed by atoms with Crippen LogP contribution in [0.15, 0.2) is 18.2 Å². The molecule has 1 fully saturated rings. The Hall–Kier alpha value is -1.30. The second-order valence-corrected chi connectivity index (χ2v) is 6.28. The zero-order valence-corrected chi connectivity index (χ0v) is 13.7. The summed E-state index contributed by atoms with van der Waals surface area (Å²) >= 11 is 11.8. The first-order valence-electron chi connectivity index (χ1n) is 7.09. The fraction of sp³-hybridized carbons (Fsp3) is 0.467. The number of anilines is 1. The maximum Gasteiger partial charge on any atom is 0.239 e. The summed E-state index contributed by atoms with van der Waals surface area (Å²) in [5.41, 5.74) is 0.637. The number of nitrogens with one attached hydrogen (secondary N) is 1. The van der Waals surface area contributed by atoms with Gasteiger partial charge in [0.1, 0.15) is 5.92 Å². The largest absolute Gasteiger partial charge is 0.396 e. The van der Waals surface area contributed by atoms with Crippen molar-refractivity contribution in [3.05, 3.63) is 28.2 Å². The maximum absolute atomic E-state index is 12.4. The molecule has 0 aromatic heterocycles. The minimum Gasteiger partial charge on any atom is -0.396 e. The van der Waals surface area contributed by atoms with E-state index in [2.05, 4.69) is 5.32 Å². The monoisotopic (exact) mass is 344 g/mol. The highest BCUT2D eigenvalue weighted by atomic mass is 35.5. The molecule has 0 bridgehead atoms. The molecule has 2 unspecified atom stereocenters. The van der Waals surface area contributed by atoms with Crippen molar-refractivity contribution in [2.75, 3.05) is 24.6 Å². The van der Waals surface area contributed by atoms with E-state index in [0.29, 0.717) is 35.2 Å². The van der Waals surface area contributed by atoms with Gasteiger partial charge in [0.15, 0.2) is 0 Å². The molecule has 2 atom stereocenters. The minimum absolute atomic E-state index is 0.00566. The average Bonchev–Trinajstić information content (AvgIpc) is 2.89. The summed E-state index contributed by atoms with van der Waals surface area (Å²) in [4.78, 5) is 26.0. The molecule has 1 aromatic carbocycles. The molecular formula is C15H18Cl2N2O3. The number of amides is 2. The third-order valence-corrected chi connectivity index (χ3v) is 4.41. The summed E-state index contributed by atoms with van der Waals surface area (Å²) in [5, 5.41) is 12.5. The third kappa shape index (κ3) is 3.72. The molecule has 1 aliphatic rings. The van der Waals surface area contributed by atoms with Gasteiger partial charge < -0.3 is 15.3 Å². The SMILES string of the molecule is CC(CO)CNC(=O)C1CCN(c2ccc(Cl)c(Cl)c2)C1=O. The van der Waals surface area contributed by atoms with Crippen molar-refractivity contribution in [3.63, 3.8) is 0 Å². The van der Waals surface area contributed by atoms with Crippen molar-refractivity contribution in [2.24, 2.45) is 11.8 Å². The standard InChI is InChI=1S/C15H18Cl2N2O3/c1-9(8-20)7-18-14(21)11-4-5-19(15(11)22)10-2-3-12(16)13(17)6-10/h2-3,6,9,11,20H,4-5,7-8H2,1H3,(H,18,21). The van der Waals surface area contributed by atoms with Crippen LogP contribution in [0, 0.1) is 11.8 Å². The Bertz CT molecular complexity index is 580. The van der Waals surface area contributed by atoms with Crippen LogP contribution in [0.3, 0.4) is 0 Å². The molecule has 0 radical (unpaired) electrons. The quantitative estimate of drug-likeness (QED) is 0.803. The number of hydrogen-bond donors (Lipinski definition) is 2. The maximum atomic E-state index is 12.4. The summed E-state index contributed by atoms with van der Waals surface area (Å²) in [5.74, 6) is -1.27. The van der Waals surface area contributed by atoms with Crippen LogP contribution >= 0.6 is 23.2 Å². The number of benzene rings is 1. The number of nitrogens with zero attached hydrogens (tertiary/aromatic N) is 1. The van der Waals surface area contributed by atoms with Crippen molar-refractivity contribution in [3.8, 4) is 0 Å². The molecule has 1 saturated heterocycles. The van der Waals surface area contributed by atoms with Gasteiger partial charge in [-0.05, 0) is 30.5 Å². The van der Waals surface area contributed by atoms with E-state index in [4.69, 9.17) is 28.3 Å². The molecule has 0 saturated carbocycles. The van der Waals surface area contributed by atoms with Crippen LogP contribution in [0.4, 0.5) is 5.69 Å². The van der Waals surface area contributed by atoms with Gasteiger partial charge in [-0.15, -0.1) is 0 Å². The zero-order chi connectivity index (χ0) is 16.3. The molecule has 2 amide bonds. The molecule has 0 spiro atoms. The fourth-order valence-corrected chi connectivity index (χ4v) is 2.59. The Labute approximate surface area is 139 Å². The highest BCUT2D eigenvalue weighted by Crippen LogP contribution is 2.31. The van der Waals surface area contributed by atoms with Crippen molar-refractivity contribution < 1.29 is 14.7 Å². The summed E-state index contributed by atoms with van der Waals surface area (Å²) in [6.45, 7) is 2.63. The molecule has 2 rings (SSSR count). The van der Waals surface area contributed by atoms with Crippen molar-refractivity contribution in [1.29, 1.82) is 0 Å². The number of hydrogen-bond acceptors (Lipinski definition) is 3. The predicted octanol–water partition coefficient (Wildman–Crippen LogP) is 2.09. The van der Waals surface area contributed by atoms with Gasteiger partial charge in [-0.3, -0.25) is 9.59 Å². The van der Waals surface area contributed by atoms with Crippen LogP contribution in [-0.2, 0) is 9.59 Å². The lowest BCUT2D eigenvalue weighted by Gasteiger charge is -2.17. The summed E-state index contributed by atoms with van der Waals surface area (Å²) in [7, 11) is 0. The lowest BCUT2D eigenvalue weighted by atomic mass is 10.1. The van der Waals surface area contributed by atoms with Crippen LogP contribution in [0.1, 0.15) is 13.3 Å². The van der Waals surface area contributed by atoms with Crippen LogP contribution in [0.2, 0.25) is 10.0 Å². The molecule has 1 aliphatic heterocycles. The molecule has 7 heteroatoms. The number of carbonyl (C=O) groups excluding carboxylic acids is 2. The highest BCUT2D eigenvalue weighted by Gasteiger charge is 2.37. The van der Waals surface area contributed by atoms with Crippen molar-refractivity contribution in [1.82, 2.24) is 5.32 Å². The van der Waals surface area contributed by atoms with Crippen molar-refractivity contribution in [2.45, 2.75) is 13.3 Å². The van der Waals surface area contributed by atoms with E-state index < -0.39 is 5.92 Å². The molecule has 22 heavy (non-hydrogen) atoms. The molecule has 1 heterocycles. The van der Waals surface area contributed by atoms with Gasteiger partial charge in [0, 0.05) is 25.4 Å². The number of aliphatic hydroxyl groups is 1. The predicted molar refractivity (Wildman–Crippen MR) is 86.2 cm³/mol. The molecule has 120 valence electrons. The van der Waals surface area contributed by atoms with E-state index in [1.54, 1.807) is 23.1 Å². The Morgan fingerprint density at radius 1 is 1.45 bits per heavy atom. The van der Waals surface area contributed by atoms with Gasteiger partial charge in [-0.2, -0.15) is 0 Å². The van der Waals surface area contributed by atoms with E-state index in [9.17, 15) is 9.59 Å². The van der Waals surface area contributed by atoms with Gasteiger partial charge in [-0.25, -0.2) is 0 Å². The van der Waals surface area contributed by atoms with E-state index in [1.807, 2.05) is 6.92 Å². The van der Waals surface area contributed by atoms with Gasteiger partial charge >= 0.3 is 0 Å². The van der Waals surface area contributed by atoms with Crippen LogP contribution in [0.5, 0.6) is 0 Å². The average molecular weight is 345 g/mol. The van der Waals surface area contributed by atoms with Crippen LogP contribution in [-0.4, -0.2) is 36.6 Å². The zero-order valence-electron chi connectivity index (χ0n) is 12.2. The third-order valence-electron chi connectivity index (χ3n) is 3.67. The normalized spacial score (nSPS) is 19.4. The van der Waals surface area contributed by atoms with Gasteiger partial charge in [-0.1, -0.05) is 30.1 Å². The first-order valence-corrected chi connectivity index (χ1v) is 7.84. The van der Waals surface area contributed by atoms with E-state index in [-0.39, 0.29) is 24.3 Å². The second-order valence-electron chi connectivity index (χ2n) is 5.46. The summed E-state index contributed by atoms with van der Waals surface area (Å²) in [6.07, 6.45) is 0.457. The van der Waals surface area contributed by atoms with E-state index in [1.165, 1.54) is 0 Å². The Kier molecular flexibility index (Phi) is 5.67. The second kappa shape index (κ2) is 7.31. The Balaban J connectivity index is 2.02. The van der Waals surface area contributed by atoms with Gasteiger partial charge in [0.2, 0.25) is 11.8 Å². The van der Waals surface area contributed by atoms with Gasteiger partial charge in [0.25, 0.3) is 0 Å². The Morgan fingerprint density at radius 2 is 2.18 bits per heavy atom. The smallest absolute Gasteiger partial charge is 0.239 e. The lowest BCUT2D eigenvalue weighted by Crippen LogP contribution is -2.39. The number of rotatable bonds is 5. The number of carbonyl (C=O) groups is 2. The molecule has 1 aromatic rings. The molecular weight excluding hydrogens is 327 g/mol. The number of aliphatic hydroxyl groups excluding tert-OH is 1. The van der Waals surface area contributed by atoms with Crippen LogP contribution in [0.25, 0.3) is 0 Å². The number of halogens is 2. The van der Waals surface area contributed by atoms with Crippen LogP contribution < -0.4 is 10.2 Å². The van der Waals surface area contributed by atoms with Crippen molar-refractivity contribution >= 4 is 40.7 Å². The summed E-state index contributed by atoms with van der Waals surface area (Å²) < 4.78 is 0. The summed E-state index contributed by atoms with van der Waals surface area (Å²) in [6, 6.07) is 4.96. The van der Waals surface area contributed by atoms with E-state index >= 15 is 0 Å². The molecule has 2 N–H and O–H groups in total. The molecule has 5 nitrogen and oxygen atoms in total. The first-order chi connectivity index (χ1) is 10.4. The van der Waals surface area contributed by atoms with Gasteiger partial charge in [0.05, 0.1) is 10.0 Å². The minimum atomic E-state index is -0.694. The first kappa shape index (κ1) is 17.1. The molecule has 0 aliphatic carbocycles. The topological polar surface area (TPSA) is 69.6 Å². The van der Waals surface area contributed by atoms with E-state index in [0.717, 1.165) is 0 Å². The Morgan fingerprint density at radius 3 is 2.82 bits per heavy atom. The highest BCUT2D eigenvalue weighted by molar-refractivity contribution is 6.42.